The second-order valence-electron chi connectivity index (χ2n) is 7.08. The van der Waals surface area contributed by atoms with Gasteiger partial charge in [0.15, 0.2) is 0 Å². The van der Waals surface area contributed by atoms with Gasteiger partial charge in [0.05, 0.1) is 0 Å². The summed E-state index contributed by atoms with van der Waals surface area (Å²) in [5, 5.41) is 0. The van der Waals surface area contributed by atoms with E-state index in [-0.39, 0.29) is 102 Å². The van der Waals surface area contributed by atoms with Crippen molar-refractivity contribution in [3.05, 3.63) is 118 Å². The molecule has 0 bridgehead atoms. The Morgan fingerprint density at radius 3 is 0.853 bits per heavy atom. The van der Waals surface area contributed by atoms with Crippen LogP contribution in [-0.2, 0) is 65.2 Å². The summed E-state index contributed by atoms with van der Waals surface area (Å²) in [6, 6.07) is 29.5. The number of hydrogen-bond acceptors (Lipinski definition) is 0. The van der Waals surface area contributed by atoms with E-state index in [2.05, 4.69) is 126 Å². The van der Waals surface area contributed by atoms with Gasteiger partial charge >= 0.3 is 52.4 Å². The molecule has 0 unspecified atom stereocenters. The number of halogens is 4. The monoisotopic (exact) mass is 692 g/mol. The zero-order chi connectivity index (χ0) is 20.8. The van der Waals surface area contributed by atoms with Crippen LogP contribution in [0.3, 0.4) is 0 Å². The van der Waals surface area contributed by atoms with E-state index in [1.54, 1.807) is 0 Å². The molecule has 0 saturated carbocycles. The van der Waals surface area contributed by atoms with Crippen molar-refractivity contribution in [1.29, 1.82) is 0 Å². The maximum atomic E-state index is 2.16. The van der Waals surface area contributed by atoms with Gasteiger partial charge in [-0.2, -0.15) is 69.8 Å². The van der Waals surface area contributed by atoms with Crippen molar-refractivity contribution in [1.82, 2.24) is 0 Å². The van der Waals surface area contributed by atoms with Crippen molar-refractivity contribution >= 4 is 0 Å². The molecule has 6 heteroatoms. The molecule has 0 N–H and O–H groups in total. The molecule has 0 aliphatic heterocycles. The molecule has 4 rings (SSSR count). The van der Waals surface area contributed by atoms with Gasteiger partial charge in [0.1, 0.15) is 0 Å². The summed E-state index contributed by atoms with van der Waals surface area (Å²) in [4.78, 5) is 0. The predicted molar refractivity (Wildman–Crippen MR) is 126 cm³/mol. The normalized spacial score (nSPS) is 7.71. The second-order valence-corrected chi connectivity index (χ2v) is 7.08. The van der Waals surface area contributed by atoms with Crippen LogP contribution >= 0.6 is 0 Å². The Bertz CT molecular complexity index is 739. The predicted octanol–water partition coefficient (Wildman–Crippen LogP) is -4.01. The minimum Gasteiger partial charge on any atom is -1.00 e. The quantitative estimate of drug-likeness (QED) is 0.188. The van der Waals surface area contributed by atoms with Gasteiger partial charge in [-0.05, 0) is 0 Å². The topological polar surface area (TPSA) is 0 Å². The summed E-state index contributed by atoms with van der Waals surface area (Å²) in [5.41, 5.74) is 8.42. The Labute approximate surface area is 272 Å². The first-order chi connectivity index (χ1) is 13.5. The van der Waals surface area contributed by atoms with Crippen LogP contribution in [0.5, 0.6) is 0 Å². The van der Waals surface area contributed by atoms with Crippen molar-refractivity contribution < 1.29 is 102 Å². The first kappa shape index (κ1) is 47.5. The van der Waals surface area contributed by atoms with Gasteiger partial charge < -0.3 is 49.6 Å². The largest absolute Gasteiger partial charge is 4.00 e. The third kappa shape index (κ3) is 21.6. The Morgan fingerprint density at radius 2 is 0.765 bits per heavy atom. The van der Waals surface area contributed by atoms with E-state index in [1.165, 1.54) is 33.4 Å². The van der Waals surface area contributed by atoms with E-state index in [1.807, 2.05) is 0 Å². The number of hydrogen-bond donors (Lipinski definition) is 0. The van der Waals surface area contributed by atoms with Gasteiger partial charge in [0.25, 0.3) is 0 Å². The molecule has 184 valence electrons. The van der Waals surface area contributed by atoms with Gasteiger partial charge in [-0.25, -0.2) is 48.5 Å². The minimum atomic E-state index is 0. The second kappa shape index (κ2) is 29.6. The summed E-state index contributed by atoms with van der Waals surface area (Å²) >= 11 is 0. The van der Waals surface area contributed by atoms with E-state index < -0.39 is 0 Å². The van der Waals surface area contributed by atoms with Crippen molar-refractivity contribution in [2.24, 2.45) is 0 Å². The van der Waals surface area contributed by atoms with Gasteiger partial charge in [-0.1, -0.05) is 54.4 Å². The molecule has 34 heavy (non-hydrogen) atoms. The summed E-state index contributed by atoms with van der Waals surface area (Å²) in [5.74, 6) is 0. The fraction of sp³-hybridized carbons (Fsp3) is 0.286. The summed E-state index contributed by atoms with van der Waals surface area (Å²) in [6.45, 7) is 12.8. The fourth-order valence-electron chi connectivity index (χ4n) is 2.50. The molecular formula is C28H36Cl4Zr2. The maximum absolute atomic E-state index is 2.16. The standard InChI is InChI=1S/4C7H9.4ClH.2Zr/c2*1-6-4-3-5-7(6)2;2*1-2-7-5-3-4-6-7;;;;;;/h2*3-5H,1-2H3;2*3-6H,2H2,1H3;4*1H;;/q4*-1;;;;;2*+4/p-4. The van der Waals surface area contributed by atoms with E-state index in [0.717, 1.165) is 12.8 Å². The van der Waals surface area contributed by atoms with Crippen molar-refractivity contribution in [2.75, 3.05) is 0 Å². The smallest absolute Gasteiger partial charge is 1.00 e. The Morgan fingerprint density at radius 1 is 0.500 bits per heavy atom. The van der Waals surface area contributed by atoms with Gasteiger partial charge in [0, 0.05) is 0 Å². The maximum Gasteiger partial charge on any atom is 4.00 e. The molecule has 0 spiro atoms. The molecule has 0 aliphatic rings. The van der Waals surface area contributed by atoms with Crippen molar-refractivity contribution in [3.8, 4) is 0 Å². The first-order valence-corrected chi connectivity index (χ1v) is 10.3. The van der Waals surface area contributed by atoms with Crippen LogP contribution in [0.15, 0.2) is 84.9 Å². The average molecular weight is 697 g/mol. The van der Waals surface area contributed by atoms with E-state index >= 15 is 0 Å². The molecule has 0 aliphatic carbocycles. The van der Waals surface area contributed by atoms with Crippen LogP contribution in [0.4, 0.5) is 0 Å². The third-order valence-corrected chi connectivity index (χ3v) is 4.91. The van der Waals surface area contributed by atoms with Crippen LogP contribution in [0.2, 0.25) is 0 Å². The van der Waals surface area contributed by atoms with Gasteiger partial charge in [-0.15, -0.1) is 0 Å². The fourth-order valence-corrected chi connectivity index (χ4v) is 2.50. The van der Waals surface area contributed by atoms with Crippen LogP contribution < -0.4 is 49.6 Å². The van der Waals surface area contributed by atoms with Crippen LogP contribution in [0.1, 0.15) is 47.2 Å². The SMILES string of the molecule is CC[c-]1cccc1.CC[c-]1cccc1.Cc1ccc[c-]1C.Cc1ccc[c-]1C.[Cl-].[Cl-].[Cl-].[Cl-].[Zr+4].[Zr+4]. The Kier molecular flexibility index (Phi) is 41.3. The molecule has 0 aromatic heterocycles. The zero-order valence-electron chi connectivity index (χ0n) is 21.0. The number of aryl methyl sites for hydroxylation is 6. The molecule has 0 amide bonds. The van der Waals surface area contributed by atoms with Gasteiger partial charge in [-0.3, -0.25) is 0 Å². The van der Waals surface area contributed by atoms with Crippen LogP contribution in [-0.4, -0.2) is 0 Å². The summed E-state index contributed by atoms with van der Waals surface area (Å²) in [6.07, 6.45) is 2.32. The third-order valence-electron chi connectivity index (χ3n) is 4.91. The molecular weight excluding hydrogens is 661 g/mol. The zero-order valence-corrected chi connectivity index (χ0v) is 28.9. The molecule has 4 aromatic rings. The Balaban J connectivity index is -0.0000000726. The number of rotatable bonds is 2. The van der Waals surface area contributed by atoms with Crippen LogP contribution in [0, 0.1) is 27.7 Å². The summed E-state index contributed by atoms with van der Waals surface area (Å²) < 4.78 is 0. The summed E-state index contributed by atoms with van der Waals surface area (Å²) in [7, 11) is 0. The van der Waals surface area contributed by atoms with Crippen molar-refractivity contribution in [2.45, 2.75) is 54.4 Å². The van der Waals surface area contributed by atoms with E-state index in [9.17, 15) is 0 Å². The first-order valence-electron chi connectivity index (χ1n) is 10.3. The molecule has 4 aromatic carbocycles. The molecule has 0 radical (unpaired) electrons. The molecule has 0 heterocycles. The molecule has 0 saturated heterocycles. The Hall–Kier alpha value is 0.326. The van der Waals surface area contributed by atoms with E-state index in [4.69, 9.17) is 0 Å². The van der Waals surface area contributed by atoms with Gasteiger partial charge in [0.2, 0.25) is 0 Å². The van der Waals surface area contributed by atoms with Crippen LogP contribution in [0.25, 0.3) is 0 Å². The van der Waals surface area contributed by atoms with E-state index in [0.29, 0.717) is 0 Å². The average Bonchev–Trinajstić information content (AvgIpc) is 3.50. The molecule has 0 nitrogen and oxygen atoms in total. The molecule has 0 atom stereocenters. The minimum absolute atomic E-state index is 0. The molecule has 0 fully saturated rings. The van der Waals surface area contributed by atoms with Crippen molar-refractivity contribution in [3.63, 3.8) is 0 Å².